The van der Waals surface area contributed by atoms with Crippen molar-refractivity contribution in [1.82, 2.24) is 24.1 Å². The van der Waals surface area contributed by atoms with Crippen molar-refractivity contribution in [3.05, 3.63) is 54.2 Å². The van der Waals surface area contributed by atoms with E-state index in [0.717, 1.165) is 30.0 Å². The zero-order valence-corrected chi connectivity index (χ0v) is 13.5. The van der Waals surface area contributed by atoms with Crippen molar-refractivity contribution >= 4 is 11.6 Å². The lowest BCUT2D eigenvalue weighted by Gasteiger charge is -2.16. The van der Waals surface area contributed by atoms with Crippen molar-refractivity contribution in [2.45, 2.75) is 12.5 Å². The molecule has 0 aliphatic carbocycles. The zero-order valence-electron chi connectivity index (χ0n) is 13.5. The van der Waals surface area contributed by atoms with E-state index < -0.39 is 0 Å². The van der Waals surface area contributed by atoms with Gasteiger partial charge in [-0.25, -0.2) is 4.98 Å². The molecule has 4 rings (SSSR count). The minimum absolute atomic E-state index is 0.0955. The van der Waals surface area contributed by atoms with Gasteiger partial charge in [0.15, 0.2) is 0 Å². The van der Waals surface area contributed by atoms with Crippen LogP contribution in [0.5, 0.6) is 0 Å². The second kappa shape index (κ2) is 5.76. The molecule has 1 amide bonds. The maximum atomic E-state index is 11.9. The molecule has 4 heterocycles. The zero-order chi connectivity index (χ0) is 16.7. The Balaban J connectivity index is 1.59. The number of carbonyl (C=O) groups excluding carboxylic acids is 1. The van der Waals surface area contributed by atoms with Gasteiger partial charge in [-0.1, -0.05) is 6.07 Å². The molecule has 0 radical (unpaired) electrons. The minimum Gasteiger partial charge on any atom is -0.369 e. The molecule has 24 heavy (non-hydrogen) atoms. The summed E-state index contributed by atoms with van der Waals surface area (Å²) in [5.74, 6) is -0.332. The molecule has 0 aromatic carbocycles. The first-order valence-corrected chi connectivity index (χ1v) is 8.03. The van der Waals surface area contributed by atoms with Gasteiger partial charge in [-0.05, 0) is 17.7 Å². The maximum Gasteiger partial charge on any atom is 0.222 e. The number of nitrogens with zero attached hydrogens (tertiary/aromatic N) is 5. The molecule has 0 bridgehead atoms. The number of hydrogen-bond acceptors (Lipinski definition) is 4. The van der Waals surface area contributed by atoms with Gasteiger partial charge < -0.3 is 10.1 Å². The third-order valence-electron chi connectivity index (χ3n) is 4.81. The summed E-state index contributed by atoms with van der Waals surface area (Å²) in [6.45, 7) is 2.22. The van der Waals surface area contributed by atoms with Crippen LogP contribution in [0.25, 0.3) is 5.65 Å². The molecule has 0 saturated carbocycles. The lowest BCUT2D eigenvalue weighted by Crippen LogP contribution is -2.29. The first-order valence-electron chi connectivity index (χ1n) is 8.03. The molecule has 1 fully saturated rings. The fourth-order valence-corrected chi connectivity index (χ4v) is 3.64. The van der Waals surface area contributed by atoms with Crippen LogP contribution in [0.2, 0.25) is 0 Å². The third kappa shape index (κ3) is 2.56. The molecule has 124 valence electrons. The highest BCUT2D eigenvalue weighted by Gasteiger charge is 2.38. The quantitative estimate of drug-likeness (QED) is 0.768. The van der Waals surface area contributed by atoms with E-state index in [1.165, 1.54) is 0 Å². The van der Waals surface area contributed by atoms with Crippen LogP contribution in [0.15, 0.2) is 43.0 Å². The molecular formula is C17H20N6O. The van der Waals surface area contributed by atoms with Crippen LogP contribution in [0.4, 0.5) is 0 Å². The van der Waals surface area contributed by atoms with E-state index >= 15 is 0 Å². The van der Waals surface area contributed by atoms with Crippen LogP contribution in [0.3, 0.4) is 0 Å². The third-order valence-corrected chi connectivity index (χ3v) is 4.81. The molecule has 0 spiro atoms. The average molecular weight is 324 g/mol. The van der Waals surface area contributed by atoms with Gasteiger partial charge in [0.1, 0.15) is 5.65 Å². The average Bonchev–Trinajstić information content (AvgIpc) is 3.25. The number of rotatable bonds is 4. The Bertz CT molecular complexity index is 882. The molecule has 2 atom stereocenters. The van der Waals surface area contributed by atoms with E-state index in [9.17, 15) is 4.79 Å². The largest absolute Gasteiger partial charge is 0.369 e. The van der Waals surface area contributed by atoms with Crippen LogP contribution < -0.4 is 5.73 Å². The van der Waals surface area contributed by atoms with Crippen molar-refractivity contribution in [1.29, 1.82) is 0 Å². The Morgan fingerprint density at radius 3 is 3.00 bits per heavy atom. The van der Waals surface area contributed by atoms with Crippen molar-refractivity contribution < 1.29 is 4.79 Å². The number of likely N-dealkylation sites (tertiary alicyclic amines) is 1. The van der Waals surface area contributed by atoms with Crippen molar-refractivity contribution in [3.8, 4) is 0 Å². The standard InChI is InChI=1S/C17H20N6O/c1-21-8-12(7-20-21)14-10-22(11-15(14)17(18)24)9-13-3-2-4-16-19-5-6-23(13)16/h2-8,14-15H,9-11H2,1H3,(H2,18,24)/t14-,15+/m1/s1. The van der Waals surface area contributed by atoms with Gasteiger partial charge >= 0.3 is 0 Å². The molecular weight excluding hydrogens is 304 g/mol. The maximum absolute atomic E-state index is 11.9. The normalized spacial score (nSPS) is 21.5. The molecule has 1 aliphatic heterocycles. The molecule has 0 unspecified atom stereocenters. The summed E-state index contributed by atoms with van der Waals surface area (Å²) in [7, 11) is 1.88. The number of imidazole rings is 1. The molecule has 1 saturated heterocycles. The molecule has 1 aliphatic rings. The summed E-state index contributed by atoms with van der Waals surface area (Å²) in [5, 5.41) is 4.23. The number of aromatic nitrogens is 4. The smallest absolute Gasteiger partial charge is 0.222 e. The van der Waals surface area contributed by atoms with Gasteiger partial charge in [-0.2, -0.15) is 5.10 Å². The van der Waals surface area contributed by atoms with Gasteiger partial charge in [0.2, 0.25) is 5.91 Å². The highest BCUT2D eigenvalue weighted by Crippen LogP contribution is 2.33. The lowest BCUT2D eigenvalue weighted by molar-refractivity contribution is -0.121. The lowest BCUT2D eigenvalue weighted by atomic mass is 9.90. The van der Waals surface area contributed by atoms with E-state index in [4.69, 9.17) is 5.73 Å². The van der Waals surface area contributed by atoms with E-state index in [2.05, 4.69) is 25.4 Å². The molecule has 2 N–H and O–H groups in total. The summed E-state index contributed by atoms with van der Waals surface area (Å²) in [5.41, 5.74) is 8.81. The topological polar surface area (TPSA) is 81.5 Å². The number of hydrogen-bond donors (Lipinski definition) is 1. The van der Waals surface area contributed by atoms with E-state index in [1.807, 2.05) is 37.8 Å². The summed E-state index contributed by atoms with van der Waals surface area (Å²) < 4.78 is 3.85. The predicted molar refractivity (Wildman–Crippen MR) is 89.1 cm³/mol. The molecule has 7 heteroatoms. The number of amides is 1. The fraction of sp³-hybridized carbons (Fsp3) is 0.353. The second-order valence-electron chi connectivity index (χ2n) is 6.43. The van der Waals surface area contributed by atoms with Crippen molar-refractivity contribution in [3.63, 3.8) is 0 Å². The first kappa shape index (κ1) is 14.9. The van der Waals surface area contributed by atoms with Crippen molar-refractivity contribution in [2.24, 2.45) is 18.7 Å². The number of fused-ring (bicyclic) bond motifs is 1. The van der Waals surface area contributed by atoms with Gasteiger partial charge in [0.25, 0.3) is 0 Å². The monoisotopic (exact) mass is 324 g/mol. The summed E-state index contributed by atoms with van der Waals surface area (Å²) >= 11 is 0. The Labute approximate surface area is 139 Å². The van der Waals surface area contributed by atoms with E-state index in [0.29, 0.717) is 6.54 Å². The SMILES string of the molecule is Cn1cc([C@H]2CN(Cc3cccc4nccn34)C[C@@H]2C(N)=O)cn1. The van der Waals surface area contributed by atoms with Crippen LogP contribution >= 0.6 is 0 Å². The Morgan fingerprint density at radius 1 is 1.38 bits per heavy atom. The van der Waals surface area contributed by atoms with Crippen molar-refractivity contribution in [2.75, 3.05) is 13.1 Å². The highest BCUT2D eigenvalue weighted by molar-refractivity contribution is 5.78. The van der Waals surface area contributed by atoms with Crippen LogP contribution in [0.1, 0.15) is 17.2 Å². The van der Waals surface area contributed by atoms with Gasteiger partial charge in [0.05, 0.1) is 12.1 Å². The summed E-state index contributed by atoms with van der Waals surface area (Å²) in [4.78, 5) is 18.5. The molecule has 7 nitrogen and oxygen atoms in total. The number of carbonyl (C=O) groups is 1. The number of aryl methyl sites for hydroxylation is 1. The van der Waals surface area contributed by atoms with Crippen LogP contribution in [0, 0.1) is 5.92 Å². The second-order valence-corrected chi connectivity index (χ2v) is 6.43. The van der Waals surface area contributed by atoms with E-state index in [-0.39, 0.29) is 17.7 Å². The number of nitrogens with two attached hydrogens (primary N) is 1. The predicted octanol–water partition coefficient (Wildman–Crippen LogP) is 0.769. The van der Waals surface area contributed by atoms with Gasteiger partial charge in [-0.15, -0.1) is 0 Å². The Hall–Kier alpha value is -2.67. The van der Waals surface area contributed by atoms with Gasteiger partial charge in [-0.3, -0.25) is 14.4 Å². The summed E-state index contributed by atoms with van der Waals surface area (Å²) in [6.07, 6.45) is 7.57. The minimum atomic E-state index is -0.243. The fourth-order valence-electron chi connectivity index (χ4n) is 3.64. The highest BCUT2D eigenvalue weighted by atomic mass is 16.1. The van der Waals surface area contributed by atoms with Crippen LogP contribution in [-0.2, 0) is 18.4 Å². The van der Waals surface area contributed by atoms with E-state index in [1.54, 1.807) is 10.9 Å². The van der Waals surface area contributed by atoms with Crippen LogP contribution in [-0.4, -0.2) is 43.1 Å². The molecule has 3 aromatic rings. The number of pyridine rings is 1. The van der Waals surface area contributed by atoms with Gasteiger partial charge in [0, 0.05) is 56.9 Å². The Kier molecular flexibility index (Phi) is 3.57. The number of primary amides is 1. The molecule has 3 aromatic heterocycles. The summed E-state index contributed by atoms with van der Waals surface area (Å²) in [6, 6.07) is 6.08. The Morgan fingerprint density at radius 2 is 2.25 bits per heavy atom. The first-order chi connectivity index (χ1) is 11.6.